The van der Waals surface area contributed by atoms with E-state index in [0.717, 1.165) is 32.5 Å². The summed E-state index contributed by atoms with van der Waals surface area (Å²) in [5, 5.41) is 6.68. The first-order valence-electron chi connectivity index (χ1n) is 10.6. The standard InChI is InChI=1S/C24H25F3N4O3/c1-14(2)12-28-21(32)20-22(33)30(13-17-5-7-18(8-6-17)24(25,26)27)23(34)31(29-20)19-10-15(3)9-16(4)11-19/h5-11,14H,12-13H2,1-4H3,(H,28,32). The molecule has 1 amide bonds. The lowest BCUT2D eigenvalue weighted by Crippen LogP contribution is -2.46. The molecule has 3 rings (SSSR count). The highest BCUT2D eigenvalue weighted by atomic mass is 19.4. The highest BCUT2D eigenvalue weighted by molar-refractivity contribution is 5.91. The van der Waals surface area contributed by atoms with Crippen LogP contribution in [0, 0.1) is 19.8 Å². The van der Waals surface area contributed by atoms with E-state index < -0.39 is 34.6 Å². The smallest absolute Gasteiger partial charge is 0.350 e. The molecule has 34 heavy (non-hydrogen) atoms. The second-order valence-corrected chi connectivity index (χ2v) is 8.58. The van der Waals surface area contributed by atoms with Crippen LogP contribution in [0.1, 0.15) is 46.6 Å². The molecule has 2 aromatic carbocycles. The molecule has 0 unspecified atom stereocenters. The number of amides is 1. The van der Waals surface area contributed by atoms with E-state index in [2.05, 4.69) is 10.4 Å². The molecule has 0 aliphatic heterocycles. The maximum Gasteiger partial charge on any atom is 0.416 e. The second-order valence-electron chi connectivity index (χ2n) is 8.58. The summed E-state index contributed by atoms with van der Waals surface area (Å²) in [5.74, 6) is -0.623. The quantitative estimate of drug-likeness (QED) is 0.593. The summed E-state index contributed by atoms with van der Waals surface area (Å²) < 4.78 is 40.4. The molecule has 0 saturated carbocycles. The molecule has 1 aromatic heterocycles. The number of aromatic nitrogens is 3. The van der Waals surface area contributed by atoms with E-state index in [1.54, 1.807) is 12.1 Å². The Balaban J connectivity index is 2.15. The number of benzene rings is 2. The average Bonchev–Trinajstić information content (AvgIpc) is 2.74. The van der Waals surface area contributed by atoms with E-state index in [1.165, 1.54) is 12.1 Å². The minimum atomic E-state index is -4.51. The molecule has 7 nitrogen and oxygen atoms in total. The van der Waals surface area contributed by atoms with Crippen LogP contribution < -0.4 is 16.6 Å². The lowest BCUT2D eigenvalue weighted by Gasteiger charge is -2.14. The van der Waals surface area contributed by atoms with Crippen molar-refractivity contribution in [2.75, 3.05) is 6.54 Å². The summed E-state index contributed by atoms with van der Waals surface area (Å²) >= 11 is 0. The van der Waals surface area contributed by atoms with Crippen LogP contribution in [-0.4, -0.2) is 26.8 Å². The molecule has 0 bridgehead atoms. The molecule has 0 spiro atoms. The number of rotatable bonds is 6. The Morgan fingerprint density at radius 2 is 1.62 bits per heavy atom. The molecular formula is C24H25F3N4O3. The maximum absolute atomic E-state index is 13.2. The summed E-state index contributed by atoms with van der Waals surface area (Å²) in [4.78, 5) is 39.0. The van der Waals surface area contributed by atoms with Crippen molar-refractivity contribution in [3.05, 3.63) is 91.3 Å². The van der Waals surface area contributed by atoms with Crippen LogP contribution in [0.4, 0.5) is 13.2 Å². The van der Waals surface area contributed by atoms with E-state index in [4.69, 9.17) is 0 Å². The first kappa shape index (κ1) is 24.9. The molecular weight excluding hydrogens is 449 g/mol. The molecule has 180 valence electrons. The Bertz CT molecular complexity index is 1300. The van der Waals surface area contributed by atoms with Gasteiger partial charge in [-0.15, -0.1) is 0 Å². The minimum absolute atomic E-state index is 0.114. The number of hydrogen-bond acceptors (Lipinski definition) is 4. The average molecular weight is 474 g/mol. The van der Waals surface area contributed by atoms with Gasteiger partial charge in [0.25, 0.3) is 11.5 Å². The summed E-state index contributed by atoms with van der Waals surface area (Å²) in [6, 6.07) is 9.39. The van der Waals surface area contributed by atoms with Crippen molar-refractivity contribution in [3.63, 3.8) is 0 Å². The Labute approximate surface area is 193 Å². The molecule has 0 atom stereocenters. The Hall–Kier alpha value is -3.69. The van der Waals surface area contributed by atoms with Gasteiger partial charge in [0.15, 0.2) is 0 Å². The fraction of sp³-hybridized carbons (Fsp3) is 0.333. The van der Waals surface area contributed by atoms with Gasteiger partial charge in [-0.1, -0.05) is 32.0 Å². The third-order valence-corrected chi connectivity index (χ3v) is 5.02. The van der Waals surface area contributed by atoms with Crippen molar-refractivity contribution in [3.8, 4) is 5.69 Å². The van der Waals surface area contributed by atoms with Crippen LogP contribution in [-0.2, 0) is 12.7 Å². The van der Waals surface area contributed by atoms with E-state index in [0.29, 0.717) is 17.8 Å². The molecule has 1 N–H and O–H groups in total. The number of hydrogen-bond donors (Lipinski definition) is 1. The van der Waals surface area contributed by atoms with Crippen molar-refractivity contribution in [1.82, 2.24) is 19.7 Å². The molecule has 10 heteroatoms. The SMILES string of the molecule is Cc1cc(C)cc(-n2nc(C(=O)NCC(C)C)c(=O)n(Cc3ccc(C(F)(F)F)cc3)c2=O)c1. The van der Waals surface area contributed by atoms with Crippen LogP contribution in [0.5, 0.6) is 0 Å². The zero-order valence-corrected chi connectivity index (χ0v) is 19.2. The van der Waals surface area contributed by atoms with Gasteiger partial charge >= 0.3 is 11.9 Å². The molecule has 0 radical (unpaired) electrons. The number of nitrogens with one attached hydrogen (secondary N) is 1. The monoisotopic (exact) mass is 474 g/mol. The van der Waals surface area contributed by atoms with Gasteiger partial charge in [0.05, 0.1) is 17.8 Å². The lowest BCUT2D eigenvalue weighted by molar-refractivity contribution is -0.137. The highest BCUT2D eigenvalue weighted by Crippen LogP contribution is 2.29. The topological polar surface area (TPSA) is 86.0 Å². The van der Waals surface area contributed by atoms with Gasteiger partial charge in [-0.2, -0.15) is 23.0 Å². The number of carbonyl (C=O) groups is 1. The van der Waals surface area contributed by atoms with Gasteiger partial charge in [-0.3, -0.25) is 14.2 Å². The van der Waals surface area contributed by atoms with Crippen molar-refractivity contribution in [2.45, 2.75) is 40.4 Å². The molecule has 0 aliphatic carbocycles. The Morgan fingerprint density at radius 1 is 1.03 bits per heavy atom. The molecule has 3 aromatic rings. The van der Waals surface area contributed by atoms with E-state index >= 15 is 0 Å². The number of nitrogens with zero attached hydrogens (tertiary/aromatic N) is 3. The Morgan fingerprint density at radius 3 is 2.15 bits per heavy atom. The van der Waals surface area contributed by atoms with Gasteiger partial charge in [0, 0.05) is 6.54 Å². The van der Waals surface area contributed by atoms with E-state index in [1.807, 2.05) is 33.8 Å². The number of alkyl halides is 3. The number of carbonyl (C=O) groups excluding carboxylic acids is 1. The first-order chi connectivity index (χ1) is 15.9. The minimum Gasteiger partial charge on any atom is -0.350 e. The molecule has 0 aliphatic rings. The van der Waals surface area contributed by atoms with Crippen molar-refractivity contribution < 1.29 is 18.0 Å². The van der Waals surface area contributed by atoms with Gasteiger partial charge in [0.1, 0.15) is 0 Å². The van der Waals surface area contributed by atoms with Crippen molar-refractivity contribution >= 4 is 5.91 Å². The summed E-state index contributed by atoms with van der Waals surface area (Å²) in [5.41, 5.74) is -0.724. The highest BCUT2D eigenvalue weighted by Gasteiger charge is 2.30. The predicted octanol–water partition coefficient (Wildman–Crippen LogP) is 3.46. The zero-order chi connectivity index (χ0) is 25.2. The van der Waals surface area contributed by atoms with Crippen LogP contribution in [0.25, 0.3) is 5.69 Å². The Kier molecular flexibility index (Phi) is 7.09. The first-order valence-corrected chi connectivity index (χ1v) is 10.6. The maximum atomic E-state index is 13.2. The van der Waals surface area contributed by atoms with Gasteiger partial charge < -0.3 is 5.32 Å². The third kappa shape index (κ3) is 5.62. The van der Waals surface area contributed by atoms with Crippen LogP contribution in [0.3, 0.4) is 0 Å². The third-order valence-electron chi connectivity index (χ3n) is 5.02. The number of halogens is 3. The summed E-state index contributed by atoms with van der Waals surface area (Å²) in [6.07, 6.45) is -4.51. The van der Waals surface area contributed by atoms with Gasteiger partial charge in [-0.25, -0.2) is 4.79 Å². The van der Waals surface area contributed by atoms with Crippen LogP contribution in [0.15, 0.2) is 52.1 Å². The summed E-state index contributed by atoms with van der Waals surface area (Å²) in [7, 11) is 0. The van der Waals surface area contributed by atoms with Crippen LogP contribution >= 0.6 is 0 Å². The fourth-order valence-electron chi connectivity index (χ4n) is 3.40. The molecule has 0 fully saturated rings. The van der Waals surface area contributed by atoms with Crippen LogP contribution in [0.2, 0.25) is 0 Å². The summed E-state index contributed by atoms with van der Waals surface area (Å²) in [6.45, 7) is 7.39. The van der Waals surface area contributed by atoms with Gasteiger partial charge in [0.2, 0.25) is 5.69 Å². The van der Waals surface area contributed by atoms with Crippen molar-refractivity contribution in [1.29, 1.82) is 0 Å². The fourth-order valence-corrected chi connectivity index (χ4v) is 3.40. The van der Waals surface area contributed by atoms with E-state index in [-0.39, 0.29) is 12.5 Å². The van der Waals surface area contributed by atoms with Gasteiger partial charge in [-0.05, 0) is 60.7 Å². The van der Waals surface area contributed by atoms with Crippen molar-refractivity contribution in [2.24, 2.45) is 5.92 Å². The molecule has 1 heterocycles. The zero-order valence-electron chi connectivity index (χ0n) is 19.2. The van der Waals surface area contributed by atoms with E-state index in [9.17, 15) is 27.6 Å². The lowest BCUT2D eigenvalue weighted by atomic mass is 10.1. The second kappa shape index (κ2) is 9.66. The predicted molar refractivity (Wildman–Crippen MR) is 121 cm³/mol. The largest absolute Gasteiger partial charge is 0.416 e. The number of aryl methyl sites for hydroxylation is 2. The molecule has 0 saturated heterocycles. The normalized spacial score (nSPS) is 11.6.